The first kappa shape index (κ1) is 11.2. The summed E-state index contributed by atoms with van der Waals surface area (Å²) in [5.74, 6) is -0.236. The van der Waals surface area contributed by atoms with Crippen molar-refractivity contribution in [3.8, 4) is 5.75 Å². The fraction of sp³-hybridized carbons (Fsp3) is 0.167. The predicted molar refractivity (Wildman–Crippen MR) is 57.9 cm³/mol. The van der Waals surface area contributed by atoms with Gasteiger partial charge in [-0.15, -0.1) is 0 Å². The first-order chi connectivity index (χ1) is 7.06. The van der Waals surface area contributed by atoms with Gasteiger partial charge in [0, 0.05) is 0 Å². The van der Waals surface area contributed by atoms with Crippen LogP contribution in [0.4, 0.5) is 0 Å². The summed E-state index contributed by atoms with van der Waals surface area (Å²) in [5.41, 5.74) is 1.87. The van der Waals surface area contributed by atoms with Gasteiger partial charge in [0.2, 0.25) is 0 Å². The highest BCUT2D eigenvalue weighted by Crippen LogP contribution is 2.23. The number of allylic oxidation sites excluding steroid dienone is 1. The van der Waals surface area contributed by atoms with Gasteiger partial charge in [-0.25, -0.2) is 0 Å². The van der Waals surface area contributed by atoms with Gasteiger partial charge in [0.1, 0.15) is 12.0 Å². The van der Waals surface area contributed by atoms with E-state index in [-0.39, 0.29) is 11.5 Å². The number of aryl methyl sites for hydroxylation is 1. The molecule has 1 aromatic rings. The largest absolute Gasteiger partial charge is 0.507 e. The van der Waals surface area contributed by atoms with Crippen molar-refractivity contribution in [2.75, 3.05) is 0 Å². The van der Waals surface area contributed by atoms with Crippen LogP contribution in [0.3, 0.4) is 0 Å². The van der Waals surface area contributed by atoms with E-state index in [0.717, 1.165) is 11.1 Å². The maximum absolute atomic E-state index is 11.1. The Bertz CT molecular complexity index is 431. The van der Waals surface area contributed by atoms with Gasteiger partial charge >= 0.3 is 0 Å². The molecule has 1 N–H and O–H groups in total. The number of rotatable bonds is 3. The molecule has 3 nitrogen and oxygen atoms in total. The number of Topliss-reactive ketones (excluding diaryl/α,β-unsaturated/α-hetero) is 1. The van der Waals surface area contributed by atoms with E-state index in [1.54, 1.807) is 12.1 Å². The normalized spacial score (nSPS) is 10.5. The highest BCUT2D eigenvalue weighted by Gasteiger charge is 2.08. The van der Waals surface area contributed by atoms with Gasteiger partial charge in [0.15, 0.2) is 5.78 Å². The van der Waals surface area contributed by atoms with Crippen molar-refractivity contribution in [3.63, 3.8) is 0 Å². The third kappa shape index (κ3) is 2.53. The molecule has 0 amide bonds. The molecule has 0 fully saturated rings. The van der Waals surface area contributed by atoms with Crippen LogP contribution >= 0.6 is 0 Å². The zero-order valence-electron chi connectivity index (χ0n) is 8.65. The Kier molecular flexibility index (Phi) is 3.39. The number of aldehydes is 1. The molecule has 0 spiro atoms. The molecule has 0 heterocycles. The molecule has 0 saturated carbocycles. The predicted octanol–water partition coefficient (Wildman–Crippen LogP) is 2.12. The van der Waals surface area contributed by atoms with Crippen LogP contribution in [0.1, 0.15) is 28.4 Å². The number of hydrogen-bond donors (Lipinski definition) is 1. The summed E-state index contributed by atoms with van der Waals surface area (Å²) in [5, 5.41) is 9.54. The highest BCUT2D eigenvalue weighted by atomic mass is 16.3. The molecule has 78 valence electrons. The Hall–Kier alpha value is -1.90. The van der Waals surface area contributed by atoms with E-state index in [1.165, 1.54) is 19.1 Å². The number of hydrogen-bond acceptors (Lipinski definition) is 3. The van der Waals surface area contributed by atoms with E-state index < -0.39 is 0 Å². The Morgan fingerprint density at radius 3 is 2.60 bits per heavy atom. The van der Waals surface area contributed by atoms with Gasteiger partial charge in [-0.2, -0.15) is 0 Å². The first-order valence-corrected chi connectivity index (χ1v) is 4.52. The van der Waals surface area contributed by atoms with Crippen molar-refractivity contribution in [1.29, 1.82) is 0 Å². The third-order valence-corrected chi connectivity index (χ3v) is 2.12. The SMILES string of the molecule is CC(=O)c1cc(C)c(C=CC=O)cc1O. The van der Waals surface area contributed by atoms with Gasteiger partial charge in [-0.3, -0.25) is 9.59 Å². The second-order valence-electron chi connectivity index (χ2n) is 3.28. The smallest absolute Gasteiger partial charge is 0.163 e. The van der Waals surface area contributed by atoms with Gasteiger partial charge in [0.05, 0.1) is 5.56 Å². The zero-order valence-corrected chi connectivity index (χ0v) is 8.65. The maximum Gasteiger partial charge on any atom is 0.163 e. The molecular weight excluding hydrogens is 192 g/mol. The van der Waals surface area contributed by atoms with Crippen LogP contribution in [0, 0.1) is 6.92 Å². The van der Waals surface area contributed by atoms with Crippen molar-refractivity contribution < 1.29 is 14.7 Å². The number of carbonyl (C=O) groups excluding carboxylic acids is 2. The molecule has 0 bridgehead atoms. The molecule has 0 aliphatic heterocycles. The Morgan fingerprint density at radius 2 is 2.07 bits per heavy atom. The van der Waals surface area contributed by atoms with Crippen molar-refractivity contribution in [3.05, 3.63) is 34.9 Å². The quantitative estimate of drug-likeness (QED) is 0.466. The molecule has 0 aliphatic carbocycles. The summed E-state index contributed by atoms with van der Waals surface area (Å²) in [6.07, 6.45) is 3.59. The molecule has 0 aromatic heterocycles. The van der Waals surface area contributed by atoms with Crippen LogP contribution in [0.25, 0.3) is 6.08 Å². The maximum atomic E-state index is 11.1. The Labute approximate surface area is 88.0 Å². The Balaban J connectivity index is 3.25. The minimum absolute atomic E-state index is 0.0568. The summed E-state index contributed by atoms with van der Waals surface area (Å²) in [6, 6.07) is 3.09. The number of phenolic OH excluding ortho intramolecular Hbond substituents is 1. The van der Waals surface area contributed by atoms with Crippen molar-refractivity contribution >= 4 is 18.1 Å². The molecule has 1 rings (SSSR count). The average Bonchev–Trinajstić information content (AvgIpc) is 2.18. The van der Waals surface area contributed by atoms with Crippen LogP contribution in [-0.2, 0) is 4.79 Å². The fourth-order valence-corrected chi connectivity index (χ4v) is 1.32. The molecule has 0 aliphatic rings. The van der Waals surface area contributed by atoms with Crippen molar-refractivity contribution in [2.24, 2.45) is 0 Å². The number of ketones is 1. The standard InChI is InChI=1S/C12H12O3/c1-8-6-11(9(2)14)12(15)7-10(8)4-3-5-13/h3-7,15H,1-2H3. The number of benzene rings is 1. The molecule has 1 aromatic carbocycles. The Morgan fingerprint density at radius 1 is 1.40 bits per heavy atom. The summed E-state index contributed by atoms with van der Waals surface area (Å²) in [6.45, 7) is 3.21. The van der Waals surface area contributed by atoms with Gasteiger partial charge in [-0.05, 0) is 43.2 Å². The molecule has 0 saturated heterocycles. The lowest BCUT2D eigenvalue weighted by Crippen LogP contribution is -1.95. The number of carbonyl (C=O) groups is 2. The molecule has 0 radical (unpaired) electrons. The average molecular weight is 204 g/mol. The summed E-state index contributed by atoms with van der Waals surface area (Å²) in [7, 11) is 0. The summed E-state index contributed by atoms with van der Waals surface area (Å²) >= 11 is 0. The van der Waals surface area contributed by atoms with Gasteiger partial charge < -0.3 is 5.11 Å². The van der Waals surface area contributed by atoms with E-state index in [1.807, 2.05) is 6.92 Å². The fourth-order valence-electron chi connectivity index (χ4n) is 1.32. The minimum atomic E-state index is -0.179. The van der Waals surface area contributed by atoms with Crippen LogP contribution in [-0.4, -0.2) is 17.2 Å². The van der Waals surface area contributed by atoms with E-state index >= 15 is 0 Å². The number of aromatic hydroxyl groups is 1. The third-order valence-electron chi connectivity index (χ3n) is 2.12. The van der Waals surface area contributed by atoms with Crippen molar-refractivity contribution in [1.82, 2.24) is 0 Å². The van der Waals surface area contributed by atoms with Crippen LogP contribution in [0.15, 0.2) is 18.2 Å². The lowest BCUT2D eigenvalue weighted by atomic mass is 10.0. The van der Waals surface area contributed by atoms with Crippen LogP contribution in [0.2, 0.25) is 0 Å². The summed E-state index contributed by atoms with van der Waals surface area (Å²) < 4.78 is 0. The lowest BCUT2D eigenvalue weighted by molar-refractivity contribution is -0.104. The van der Waals surface area contributed by atoms with Gasteiger partial charge in [0.25, 0.3) is 0 Å². The van der Waals surface area contributed by atoms with E-state index in [9.17, 15) is 14.7 Å². The molecule has 0 unspecified atom stereocenters. The number of phenols is 1. The van der Waals surface area contributed by atoms with E-state index in [2.05, 4.69) is 0 Å². The monoisotopic (exact) mass is 204 g/mol. The zero-order chi connectivity index (χ0) is 11.4. The van der Waals surface area contributed by atoms with Gasteiger partial charge in [-0.1, -0.05) is 6.08 Å². The molecule has 15 heavy (non-hydrogen) atoms. The van der Waals surface area contributed by atoms with E-state index in [0.29, 0.717) is 11.8 Å². The molecular formula is C12H12O3. The topological polar surface area (TPSA) is 54.4 Å². The highest BCUT2D eigenvalue weighted by molar-refractivity contribution is 5.97. The second-order valence-corrected chi connectivity index (χ2v) is 3.28. The van der Waals surface area contributed by atoms with Crippen LogP contribution in [0.5, 0.6) is 5.75 Å². The lowest BCUT2D eigenvalue weighted by Gasteiger charge is -2.05. The molecule has 3 heteroatoms. The minimum Gasteiger partial charge on any atom is -0.507 e. The first-order valence-electron chi connectivity index (χ1n) is 4.52. The van der Waals surface area contributed by atoms with E-state index in [4.69, 9.17) is 0 Å². The van der Waals surface area contributed by atoms with Crippen molar-refractivity contribution in [2.45, 2.75) is 13.8 Å². The second kappa shape index (κ2) is 4.55. The summed E-state index contributed by atoms with van der Waals surface area (Å²) in [4.78, 5) is 21.3. The van der Waals surface area contributed by atoms with Crippen LogP contribution < -0.4 is 0 Å². The molecule has 0 atom stereocenters.